The highest BCUT2D eigenvalue weighted by Gasteiger charge is 2.28. The van der Waals surface area contributed by atoms with Crippen molar-refractivity contribution in [3.63, 3.8) is 0 Å². The molecule has 0 fully saturated rings. The lowest BCUT2D eigenvalue weighted by atomic mass is 10.1. The first-order valence-electron chi connectivity index (χ1n) is 9.07. The Hall–Kier alpha value is -3.86. The molecule has 0 saturated heterocycles. The van der Waals surface area contributed by atoms with E-state index >= 15 is 0 Å². The molecule has 0 aliphatic rings. The van der Waals surface area contributed by atoms with Gasteiger partial charge in [0.05, 0.1) is 11.1 Å². The summed E-state index contributed by atoms with van der Waals surface area (Å²) in [6.45, 7) is 3.53. The minimum atomic E-state index is -4.47. The van der Waals surface area contributed by atoms with Crippen molar-refractivity contribution in [2.75, 3.05) is 0 Å². The van der Waals surface area contributed by atoms with Gasteiger partial charge in [0.25, 0.3) is 0 Å². The second-order valence-corrected chi connectivity index (χ2v) is 9.84. The van der Waals surface area contributed by atoms with E-state index in [1.54, 1.807) is 50.3 Å². The molecule has 3 aromatic rings. The molecule has 32 heavy (non-hydrogen) atoms. The van der Waals surface area contributed by atoms with Crippen molar-refractivity contribution in [2.45, 2.75) is 23.6 Å². The van der Waals surface area contributed by atoms with Gasteiger partial charge in [-0.05, 0) is 50.2 Å². The van der Waals surface area contributed by atoms with Crippen LogP contribution in [0.5, 0.6) is 11.5 Å². The molecule has 0 heterocycles. The quantitative estimate of drug-likeness (QED) is 0.501. The zero-order chi connectivity index (χ0) is 23.5. The number of nitriles is 2. The molecule has 0 aliphatic carbocycles. The third-order valence-electron chi connectivity index (χ3n) is 4.36. The highest BCUT2D eigenvalue weighted by atomic mass is 32.2. The first-order valence-corrected chi connectivity index (χ1v) is 11.9. The zero-order valence-electron chi connectivity index (χ0n) is 16.9. The van der Waals surface area contributed by atoms with Gasteiger partial charge in [-0.25, -0.2) is 0 Å². The van der Waals surface area contributed by atoms with Crippen molar-refractivity contribution in [3.05, 3.63) is 82.9 Å². The molecule has 0 aromatic heterocycles. The van der Waals surface area contributed by atoms with Crippen molar-refractivity contribution < 1.29 is 25.2 Å². The second-order valence-electron chi connectivity index (χ2n) is 6.74. The normalized spacial score (nSPS) is 11.2. The summed E-state index contributed by atoms with van der Waals surface area (Å²) in [5, 5.41) is 18.9. The molecule has 0 radical (unpaired) electrons. The maximum Gasteiger partial charge on any atom is 0.339 e. The predicted molar refractivity (Wildman–Crippen MR) is 114 cm³/mol. The van der Waals surface area contributed by atoms with Crippen molar-refractivity contribution in [2.24, 2.45) is 0 Å². The van der Waals surface area contributed by atoms with Crippen LogP contribution in [0.15, 0.2) is 70.5 Å². The highest BCUT2D eigenvalue weighted by molar-refractivity contribution is 7.87. The summed E-state index contributed by atoms with van der Waals surface area (Å²) in [5.74, 6) is -1.38. The standard InChI is InChI=1S/C22H16N2O6S2/c1-15-3-9-19(10-4-15)31(25,26)29-21-17(13-23)7-8-18(14-24)22(21)30-32(27,28)20-11-5-16(2)6-12-20/h3-12H,1-2H3. The molecule has 10 heteroatoms. The number of hydrogen-bond donors (Lipinski definition) is 0. The molecule has 162 valence electrons. The van der Waals surface area contributed by atoms with E-state index in [4.69, 9.17) is 8.37 Å². The number of benzene rings is 3. The van der Waals surface area contributed by atoms with Gasteiger partial charge in [0.15, 0.2) is 0 Å². The lowest BCUT2D eigenvalue weighted by Crippen LogP contribution is -2.15. The van der Waals surface area contributed by atoms with E-state index in [0.29, 0.717) is 0 Å². The van der Waals surface area contributed by atoms with Gasteiger partial charge in [0, 0.05) is 0 Å². The van der Waals surface area contributed by atoms with E-state index in [1.807, 2.05) is 0 Å². The summed E-state index contributed by atoms with van der Waals surface area (Å²) in [6, 6.07) is 17.1. The maximum atomic E-state index is 12.8. The van der Waals surface area contributed by atoms with E-state index in [9.17, 15) is 27.4 Å². The third-order valence-corrected chi connectivity index (χ3v) is 6.83. The molecular formula is C22H16N2O6S2. The number of rotatable bonds is 6. The van der Waals surface area contributed by atoms with E-state index in [2.05, 4.69) is 0 Å². The van der Waals surface area contributed by atoms with E-state index in [0.717, 1.165) is 23.3 Å². The Kier molecular flexibility index (Phi) is 6.21. The van der Waals surface area contributed by atoms with Crippen LogP contribution in [0.1, 0.15) is 22.3 Å². The van der Waals surface area contributed by atoms with Crippen LogP contribution in [-0.4, -0.2) is 16.8 Å². The number of nitrogens with zero attached hydrogens (tertiary/aromatic N) is 2. The smallest absolute Gasteiger partial charge is 0.339 e. The fourth-order valence-corrected chi connectivity index (χ4v) is 4.53. The van der Waals surface area contributed by atoms with Gasteiger partial charge in [-0.1, -0.05) is 35.4 Å². The molecule has 0 atom stereocenters. The SMILES string of the molecule is Cc1ccc(S(=O)(=O)Oc2c(C#N)ccc(C#N)c2OS(=O)(=O)c2ccc(C)cc2)cc1. The van der Waals surface area contributed by atoms with Crippen LogP contribution in [-0.2, 0) is 20.2 Å². The van der Waals surface area contributed by atoms with Gasteiger partial charge in [0.2, 0.25) is 11.5 Å². The Balaban J connectivity index is 2.14. The summed E-state index contributed by atoms with van der Waals surface area (Å²) in [4.78, 5) is -0.441. The molecule has 0 aliphatic heterocycles. The molecule has 0 unspecified atom stereocenters. The van der Waals surface area contributed by atoms with Crippen molar-refractivity contribution >= 4 is 20.2 Å². The van der Waals surface area contributed by atoms with Crippen LogP contribution in [0.2, 0.25) is 0 Å². The van der Waals surface area contributed by atoms with Gasteiger partial charge in [0.1, 0.15) is 21.9 Å². The van der Waals surface area contributed by atoms with Crippen LogP contribution in [0, 0.1) is 36.5 Å². The lowest BCUT2D eigenvalue weighted by molar-refractivity contribution is 0.448. The fourth-order valence-electron chi connectivity index (χ4n) is 2.63. The molecule has 3 aromatic carbocycles. The van der Waals surface area contributed by atoms with Crippen LogP contribution < -0.4 is 8.37 Å². The average molecular weight is 469 g/mol. The first-order chi connectivity index (χ1) is 15.1. The largest absolute Gasteiger partial charge is 0.373 e. The van der Waals surface area contributed by atoms with E-state index in [1.165, 1.54) is 24.3 Å². The average Bonchev–Trinajstić information content (AvgIpc) is 2.75. The second kappa shape index (κ2) is 8.71. The predicted octanol–water partition coefficient (Wildman–Crippen LogP) is 3.58. The van der Waals surface area contributed by atoms with E-state index < -0.39 is 31.7 Å². The zero-order valence-corrected chi connectivity index (χ0v) is 18.6. The minimum Gasteiger partial charge on any atom is -0.373 e. The summed E-state index contributed by atoms with van der Waals surface area (Å²) >= 11 is 0. The highest BCUT2D eigenvalue weighted by Crippen LogP contribution is 2.38. The van der Waals surface area contributed by atoms with Crippen LogP contribution in [0.3, 0.4) is 0 Å². The summed E-state index contributed by atoms with van der Waals surface area (Å²) in [5.41, 5.74) is 0.963. The molecule has 0 amide bonds. The molecule has 0 N–H and O–H groups in total. The molecule has 3 rings (SSSR count). The molecule has 0 saturated carbocycles. The Labute approximate surface area is 186 Å². The molecular weight excluding hydrogens is 452 g/mol. The van der Waals surface area contributed by atoms with E-state index in [-0.39, 0.29) is 20.9 Å². The van der Waals surface area contributed by atoms with Crippen LogP contribution in [0.25, 0.3) is 0 Å². The van der Waals surface area contributed by atoms with Crippen LogP contribution in [0.4, 0.5) is 0 Å². The van der Waals surface area contributed by atoms with Gasteiger partial charge < -0.3 is 8.37 Å². The first kappa shape index (κ1) is 22.8. The van der Waals surface area contributed by atoms with Gasteiger partial charge >= 0.3 is 20.2 Å². The Morgan fingerprint density at radius 2 is 0.906 bits per heavy atom. The monoisotopic (exact) mass is 468 g/mol. The van der Waals surface area contributed by atoms with Gasteiger partial charge in [-0.3, -0.25) is 0 Å². The maximum absolute atomic E-state index is 12.8. The molecule has 0 spiro atoms. The fraction of sp³-hybridized carbons (Fsp3) is 0.0909. The molecule has 0 bridgehead atoms. The summed E-state index contributed by atoms with van der Waals surface area (Å²) in [6.07, 6.45) is 0. The van der Waals surface area contributed by atoms with Crippen molar-refractivity contribution in [3.8, 4) is 23.6 Å². The molecule has 8 nitrogen and oxygen atoms in total. The van der Waals surface area contributed by atoms with Crippen LogP contribution >= 0.6 is 0 Å². The lowest BCUT2D eigenvalue weighted by Gasteiger charge is -2.15. The number of aryl methyl sites for hydroxylation is 2. The summed E-state index contributed by atoms with van der Waals surface area (Å²) in [7, 11) is -8.94. The Morgan fingerprint density at radius 3 is 1.19 bits per heavy atom. The summed E-state index contributed by atoms with van der Waals surface area (Å²) < 4.78 is 61.4. The van der Waals surface area contributed by atoms with Gasteiger partial charge in [-0.2, -0.15) is 27.4 Å². The van der Waals surface area contributed by atoms with Crippen molar-refractivity contribution in [1.82, 2.24) is 0 Å². The Morgan fingerprint density at radius 1 is 0.594 bits per heavy atom. The minimum absolute atomic E-state index is 0.221. The van der Waals surface area contributed by atoms with Crippen molar-refractivity contribution in [1.29, 1.82) is 10.5 Å². The number of hydrogen-bond acceptors (Lipinski definition) is 8. The Bertz CT molecular complexity index is 1350. The topological polar surface area (TPSA) is 134 Å². The third kappa shape index (κ3) is 4.72. The van der Waals surface area contributed by atoms with Gasteiger partial charge in [-0.15, -0.1) is 0 Å².